The van der Waals surface area contributed by atoms with Gasteiger partial charge in [-0.25, -0.2) is 4.98 Å². The molecule has 5 heteroatoms. The highest BCUT2D eigenvalue weighted by Crippen LogP contribution is 2.31. The molecule has 0 aliphatic rings. The van der Waals surface area contributed by atoms with E-state index in [2.05, 4.69) is 4.98 Å². The molecule has 2 N–H and O–H groups in total. The van der Waals surface area contributed by atoms with E-state index in [0.717, 1.165) is 5.56 Å². The lowest BCUT2D eigenvalue weighted by Gasteiger charge is -2.12. The fourth-order valence-electron chi connectivity index (χ4n) is 1.79. The lowest BCUT2D eigenvalue weighted by molar-refractivity contribution is 0.0993. The lowest BCUT2D eigenvalue weighted by atomic mass is 10.1. The Morgan fingerprint density at radius 2 is 1.84 bits per heavy atom. The topological polar surface area (TPSA) is 74.4 Å². The largest absolute Gasteiger partial charge is 0.496 e. The first-order valence-corrected chi connectivity index (χ1v) is 5.65. The molecule has 0 spiro atoms. The van der Waals surface area contributed by atoms with Crippen LogP contribution < -0.4 is 15.2 Å². The van der Waals surface area contributed by atoms with Gasteiger partial charge in [-0.2, -0.15) is 0 Å². The Bertz CT molecular complexity index is 572. The minimum Gasteiger partial charge on any atom is -0.496 e. The number of hydrogen-bond acceptors (Lipinski definition) is 4. The molecule has 0 bridgehead atoms. The number of ether oxygens (including phenoxy) is 2. The van der Waals surface area contributed by atoms with Crippen LogP contribution in [0.5, 0.6) is 11.6 Å². The molecule has 2 aromatic rings. The van der Waals surface area contributed by atoms with Gasteiger partial charge < -0.3 is 15.2 Å². The van der Waals surface area contributed by atoms with Crippen LogP contribution in [0.3, 0.4) is 0 Å². The number of primary amides is 1. The van der Waals surface area contributed by atoms with Crippen LogP contribution in [0, 0.1) is 0 Å². The van der Waals surface area contributed by atoms with Crippen molar-refractivity contribution in [2.45, 2.75) is 0 Å². The summed E-state index contributed by atoms with van der Waals surface area (Å²) in [6.45, 7) is 0. The molecule has 2 rings (SSSR count). The number of nitrogens with zero attached hydrogens (tertiary/aromatic N) is 1. The van der Waals surface area contributed by atoms with Crippen molar-refractivity contribution in [3.8, 4) is 22.9 Å². The van der Waals surface area contributed by atoms with Crippen LogP contribution in [-0.2, 0) is 0 Å². The van der Waals surface area contributed by atoms with Crippen LogP contribution in [0.2, 0.25) is 0 Å². The monoisotopic (exact) mass is 258 g/mol. The van der Waals surface area contributed by atoms with E-state index in [4.69, 9.17) is 15.2 Å². The first-order valence-electron chi connectivity index (χ1n) is 5.65. The standard InChI is InChI=1S/C14H14N2O3/c1-18-11-8-10(9-6-4-3-5-7-9)16-14(19-2)12(11)13(15)17/h3-8H,1-2H3,(H2,15,17). The van der Waals surface area contributed by atoms with Crippen molar-refractivity contribution in [3.63, 3.8) is 0 Å². The number of rotatable bonds is 4. The second kappa shape index (κ2) is 5.39. The molecular weight excluding hydrogens is 244 g/mol. The second-order valence-corrected chi connectivity index (χ2v) is 3.82. The van der Waals surface area contributed by atoms with Gasteiger partial charge in [-0.15, -0.1) is 0 Å². The van der Waals surface area contributed by atoms with Gasteiger partial charge in [-0.05, 0) is 0 Å². The van der Waals surface area contributed by atoms with Gasteiger partial charge in [-0.1, -0.05) is 30.3 Å². The number of methoxy groups -OCH3 is 2. The minimum absolute atomic E-state index is 0.143. The summed E-state index contributed by atoms with van der Waals surface area (Å²) in [6, 6.07) is 11.2. The fourth-order valence-corrected chi connectivity index (χ4v) is 1.79. The molecule has 0 atom stereocenters. The minimum atomic E-state index is -0.638. The number of amides is 1. The molecule has 1 aromatic heterocycles. The van der Waals surface area contributed by atoms with Crippen molar-refractivity contribution < 1.29 is 14.3 Å². The lowest BCUT2D eigenvalue weighted by Crippen LogP contribution is -2.15. The third-order valence-corrected chi connectivity index (χ3v) is 2.68. The highest BCUT2D eigenvalue weighted by atomic mass is 16.5. The Balaban J connectivity index is 2.63. The van der Waals surface area contributed by atoms with Crippen LogP contribution in [-0.4, -0.2) is 25.1 Å². The maximum absolute atomic E-state index is 11.4. The predicted octanol–water partition coefficient (Wildman–Crippen LogP) is 1.86. The molecule has 0 radical (unpaired) electrons. The summed E-state index contributed by atoms with van der Waals surface area (Å²) in [7, 11) is 2.90. The molecule has 1 aromatic carbocycles. The van der Waals surface area contributed by atoms with Crippen LogP contribution in [0.4, 0.5) is 0 Å². The summed E-state index contributed by atoms with van der Waals surface area (Å²) in [6.07, 6.45) is 0. The second-order valence-electron chi connectivity index (χ2n) is 3.82. The third-order valence-electron chi connectivity index (χ3n) is 2.68. The fraction of sp³-hybridized carbons (Fsp3) is 0.143. The molecule has 0 saturated carbocycles. The average molecular weight is 258 g/mol. The molecule has 5 nitrogen and oxygen atoms in total. The zero-order valence-electron chi connectivity index (χ0n) is 10.7. The Kier molecular flexibility index (Phi) is 3.66. The molecule has 98 valence electrons. The van der Waals surface area contributed by atoms with E-state index in [1.54, 1.807) is 6.07 Å². The summed E-state index contributed by atoms with van der Waals surface area (Å²) < 4.78 is 10.3. The van der Waals surface area contributed by atoms with Gasteiger partial charge in [0.15, 0.2) is 0 Å². The van der Waals surface area contributed by atoms with Crippen molar-refractivity contribution in [2.75, 3.05) is 14.2 Å². The van der Waals surface area contributed by atoms with E-state index in [0.29, 0.717) is 11.4 Å². The zero-order chi connectivity index (χ0) is 13.8. The van der Waals surface area contributed by atoms with E-state index in [1.807, 2.05) is 30.3 Å². The van der Waals surface area contributed by atoms with Gasteiger partial charge in [0, 0.05) is 11.6 Å². The number of carbonyl (C=O) groups is 1. The van der Waals surface area contributed by atoms with Gasteiger partial charge in [0.05, 0.1) is 19.9 Å². The Morgan fingerprint density at radius 3 is 2.37 bits per heavy atom. The highest BCUT2D eigenvalue weighted by Gasteiger charge is 2.19. The Labute approximate surface area is 111 Å². The van der Waals surface area contributed by atoms with E-state index in [-0.39, 0.29) is 11.4 Å². The van der Waals surface area contributed by atoms with Gasteiger partial charge in [-0.3, -0.25) is 4.79 Å². The molecule has 0 fully saturated rings. The van der Waals surface area contributed by atoms with Crippen molar-refractivity contribution in [1.29, 1.82) is 0 Å². The van der Waals surface area contributed by atoms with E-state index < -0.39 is 5.91 Å². The first-order chi connectivity index (χ1) is 9.17. The maximum atomic E-state index is 11.4. The molecule has 0 aliphatic carbocycles. The molecule has 0 saturated heterocycles. The number of pyridine rings is 1. The number of nitrogens with two attached hydrogens (primary N) is 1. The molecule has 1 amide bonds. The number of aromatic nitrogens is 1. The molecular formula is C14H14N2O3. The van der Waals surface area contributed by atoms with Crippen molar-refractivity contribution in [2.24, 2.45) is 5.73 Å². The molecule has 0 aliphatic heterocycles. The smallest absolute Gasteiger partial charge is 0.258 e. The van der Waals surface area contributed by atoms with Crippen LogP contribution in [0.25, 0.3) is 11.3 Å². The van der Waals surface area contributed by atoms with E-state index >= 15 is 0 Å². The zero-order valence-corrected chi connectivity index (χ0v) is 10.7. The van der Waals surface area contributed by atoms with Crippen LogP contribution >= 0.6 is 0 Å². The van der Waals surface area contributed by atoms with Gasteiger partial charge in [0.25, 0.3) is 5.91 Å². The predicted molar refractivity (Wildman–Crippen MR) is 71.3 cm³/mol. The quantitative estimate of drug-likeness (QED) is 0.908. The summed E-state index contributed by atoms with van der Waals surface area (Å²) in [5.41, 5.74) is 7.01. The van der Waals surface area contributed by atoms with Crippen molar-refractivity contribution in [1.82, 2.24) is 4.98 Å². The summed E-state index contributed by atoms with van der Waals surface area (Å²) in [4.78, 5) is 15.7. The SMILES string of the molecule is COc1cc(-c2ccccc2)nc(OC)c1C(N)=O. The average Bonchev–Trinajstić information content (AvgIpc) is 2.46. The van der Waals surface area contributed by atoms with Crippen LogP contribution in [0.1, 0.15) is 10.4 Å². The number of hydrogen-bond donors (Lipinski definition) is 1. The van der Waals surface area contributed by atoms with Gasteiger partial charge >= 0.3 is 0 Å². The summed E-state index contributed by atoms with van der Waals surface area (Å²) >= 11 is 0. The normalized spacial score (nSPS) is 10.0. The first kappa shape index (κ1) is 12.9. The molecule has 19 heavy (non-hydrogen) atoms. The third kappa shape index (κ3) is 2.49. The van der Waals surface area contributed by atoms with Crippen LogP contribution in [0.15, 0.2) is 36.4 Å². The Hall–Kier alpha value is -2.56. The Morgan fingerprint density at radius 1 is 1.16 bits per heavy atom. The van der Waals surface area contributed by atoms with Crippen molar-refractivity contribution in [3.05, 3.63) is 42.0 Å². The molecule has 1 heterocycles. The number of benzene rings is 1. The molecule has 0 unspecified atom stereocenters. The van der Waals surface area contributed by atoms with E-state index in [1.165, 1.54) is 14.2 Å². The maximum Gasteiger partial charge on any atom is 0.258 e. The number of carbonyl (C=O) groups excluding carboxylic acids is 1. The highest BCUT2D eigenvalue weighted by molar-refractivity contribution is 5.98. The summed E-state index contributed by atoms with van der Waals surface area (Å²) in [5.74, 6) is -0.135. The van der Waals surface area contributed by atoms with E-state index in [9.17, 15) is 4.79 Å². The van der Waals surface area contributed by atoms with Gasteiger partial charge in [0.1, 0.15) is 11.3 Å². The summed E-state index contributed by atoms with van der Waals surface area (Å²) in [5, 5.41) is 0. The van der Waals surface area contributed by atoms with Crippen molar-refractivity contribution >= 4 is 5.91 Å². The van der Waals surface area contributed by atoms with Gasteiger partial charge in [0.2, 0.25) is 5.88 Å².